The van der Waals surface area contributed by atoms with Crippen molar-refractivity contribution in [3.63, 3.8) is 0 Å². The van der Waals surface area contributed by atoms with E-state index in [1.165, 1.54) is 11.1 Å². The van der Waals surface area contributed by atoms with E-state index >= 15 is 0 Å². The van der Waals surface area contributed by atoms with E-state index in [0.29, 0.717) is 6.42 Å². The molecule has 0 fully saturated rings. The van der Waals surface area contributed by atoms with Gasteiger partial charge in [0, 0.05) is 11.3 Å². The smallest absolute Gasteiger partial charge is 0.240 e. The first-order valence-corrected chi connectivity index (χ1v) is 8.06. The Morgan fingerprint density at radius 1 is 1.41 bits per heavy atom. The number of hydrogen-bond acceptors (Lipinski definition) is 4. The lowest BCUT2D eigenvalue weighted by Gasteiger charge is -2.07. The summed E-state index contributed by atoms with van der Waals surface area (Å²) in [5, 5.41) is 5.92. The lowest BCUT2D eigenvalue weighted by atomic mass is 10.0. The number of amides is 1. The van der Waals surface area contributed by atoms with Gasteiger partial charge >= 0.3 is 0 Å². The van der Waals surface area contributed by atoms with Crippen molar-refractivity contribution in [2.24, 2.45) is 5.10 Å². The molecular formula is C17H20N2O2S. The summed E-state index contributed by atoms with van der Waals surface area (Å²) in [6.07, 6.45) is 3.80. The molecule has 2 rings (SSSR count). The Kier molecular flexibility index (Phi) is 6.15. The predicted octanol–water partition coefficient (Wildman–Crippen LogP) is 3.54. The van der Waals surface area contributed by atoms with Crippen LogP contribution < -0.4 is 10.2 Å². The van der Waals surface area contributed by atoms with Crippen LogP contribution in [-0.2, 0) is 11.2 Å². The van der Waals surface area contributed by atoms with Crippen LogP contribution in [-0.4, -0.2) is 19.2 Å². The molecule has 0 atom stereocenters. The van der Waals surface area contributed by atoms with Gasteiger partial charge in [-0.15, -0.1) is 11.3 Å². The third kappa shape index (κ3) is 5.00. The first kappa shape index (κ1) is 16.2. The number of rotatable bonds is 7. The summed E-state index contributed by atoms with van der Waals surface area (Å²) in [6.45, 7) is 2.06. The largest absolute Gasteiger partial charge is 0.497 e. The van der Waals surface area contributed by atoms with Crippen molar-refractivity contribution >= 4 is 23.5 Å². The lowest BCUT2D eigenvalue weighted by Crippen LogP contribution is -2.17. The number of carbonyl (C=O) groups excluding carboxylic acids is 1. The summed E-state index contributed by atoms with van der Waals surface area (Å²) >= 11 is 1.58. The minimum absolute atomic E-state index is 0.0565. The van der Waals surface area contributed by atoms with Crippen molar-refractivity contribution in [2.45, 2.75) is 26.2 Å². The predicted molar refractivity (Wildman–Crippen MR) is 90.7 cm³/mol. The van der Waals surface area contributed by atoms with Gasteiger partial charge in [-0.2, -0.15) is 5.10 Å². The maximum Gasteiger partial charge on any atom is 0.240 e. The van der Waals surface area contributed by atoms with E-state index in [-0.39, 0.29) is 5.91 Å². The maximum absolute atomic E-state index is 11.7. The van der Waals surface area contributed by atoms with Crippen LogP contribution >= 0.6 is 11.3 Å². The van der Waals surface area contributed by atoms with Crippen LogP contribution in [0.1, 0.15) is 28.8 Å². The molecule has 0 aliphatic carbocycles. The molecule has 0 bridgehead atoms. The van der Waals surface area contributed by atoms with E-state index in [9.17, 15) is 4.79 Å². The molecule has 5 heteroatoms. The zero-order valence-electron chi connectivity index (χ0n) is 12.8. The highest BCUT2D eigenvalue weighted by Gasteiger charge is 2.03. The number of nitrogens with zero attached hydrogens (tertiary/aromatic N) is 1. The Bertz CT molecular complexity index is 636. The fraction of sp³-hybridized carbons (Fsp3) is 0.294. The molecule has 0 unspecified atom stereocenters. The van der Waals surface area contributed by atoms with Gasteiger partial charge in [0.15, 0.2) is 0 Å². The molecule has 1 aromatic carbocycles. The molecule has 2 aromatic rings. The van der Waals surface area contributed by atoms with Gasteiger partial charge in [-0.1, -0.05) is 12.1 Å². The second-order valence-electron chi connectivity index (χ2n) is 4.95. The third-order valence-corrected chi connectivity index (χ3v) is 4.13. The number of hydrazone groups is 1. The number of thiophene rings is 1. The van der Waals surface area contributed by atoms with Crippen molar-refractivity contribution in [3.8, 4) is 5.75 Å². The van der Waals surface area contributed by atoms with Crippen molar-refractivity contribution in [1.82, 2.24) is 5.43 Å². The van der Waals surface area contributed by atoms with Crippen molar-refractivity contribution in [1.29, 1.82) is 0 Å². The van der Waals surface area contributed by atoms with E-state index in [1.54, 1.807) is 24.7 Å². The van der Waals surface area contributed by atoms with Crippen LogP contribution in [0, 0.1) is 6.92 Å². The second-order valence-corrected chi connectivity index (χ2v) is 5.93. The second kappa shape index (κ2) is 8.34. The van der Waals surface area contributed by atoms with E-state index in [1.807, 2.05) is 29.6 Å². The van der Waals surface area contributed by atoms with E-state index in [2.05, 4.69) is 23.5 Å². The molecule has 0 saturated heterocycles. The number of nitrogens with one attached hydrogen (secondary N) is 1. The number of hydrogen-bond donors (Lipinski definition) is 1. The van der Waals surface area contributed by atoms with Crippen LogP contribution in [0.5, 0.6) is 5.75 Å². The summed E-state index contributed by atoms with van der Waals surface area (Å²) in [6, 6.07) is 9.92. The van der Waals surface area contributed by atoms with Gasteiger partial charge in [0.25, 0.3) is 0 Å². The SMILES string of the molecule is COc1ccc(CCCC(=O)N/N=C\c2cccs2)c(C)c1. The summed E-state index contributed by atoms with van der Waals surface area (Å²) < 4.78 is 5.19. The molecule has 4 nitrogen and oxygen atoms in total. The average molecular weight is 316 g/mol. The first-order chi connectivity index (χ1) is 10.7. The number of carbonyl (C=O) groups is 1. The molecule has 0 aliphatic rings. The minimum atomic E-state index is -0.0565. The molecule has 0 aliphatic heterocycles. The van der Waals surface area contributed by atoms with Crippen LogP contribution in [0.25, 0.3) is 0 Å². The average Bonchev–Trinajstić information content (AvgIpc) is 3.02. The van der Waals surface area contributed by atoms with Crippen molar-refractivity contribution in [2.75, 3.05) is 7.11 Å². The number of methoxy groups -OCH3 is 1. The molecule has 1 amide bonds. The van der Waals surface area contributed by atoms with Crippen LogP contribution in [0.4, 0.5) is 0 Å². The summed E-state index contributed by atoms with van der Waals surface area (Å²) in [4.78, 5) is 12.7. The molecular weight excluding hydrogens is 296 g/mol. The monoisotopic (exact) mass is 316 g/mol. The zero-order chi connectivity index (χ0) is 15.8. The Hall–Kier alpha value is -2.14. The highest BCUT2D eigenvalue weighted by molar-refractivity contribution is 7.11. The fourth-order valence-corrected chi connectivity index (χ4v) is 2.69. The normalized spacial score (nSPS) is 10.8. The molecule has 0 radical (unpaired) electrons. The van der Waals surface area contributed by atoms with Crippen LogP contribution in [0.15, 0.2) is 40.8 Å². The summed E-state index contributed by atoms with van der Waals surface area (Å²) in [5.41, 5.74) is 4.99. The van der Waals surface area contributed by atoms with Gasteiger partial charge in [0.05, 0.1) is 13.3 Å². The highest BCUT2D eigenvalue weighted by Crippen LogP contribution is 2.18. The molecule has 0 spiro atoms. The fourth-order valence-electron chi connectivity index (χ4n) is 2.10. The molecule has 22 heavy (non-hydrogen) atoms. The van der Waals surface area contributed by atoms with Gasteiger partial charge in [0.2, 0.25) is 5.91 Å². The maximum atomic E-state index is 11.7. The van der Waals surface area contributed by atoms with Gasteiger partial charge in [-0.05, 0) is 54.5 Å². The zero-order valence-corrected chi connectivity index (χ0v) is 13.7. The minimum Gasteiger partial charge on any atom is -0.497 e. The molecule has 1 N–H and O–H groups in total. The van der Waals surface area contributed by atoms with Crippen molar-refractivity contribution in [3.05, 3.63) is 51.7 Å². The first-order valence-electron chi connectivity index (χ1n) is 7.18. The Morgan fingerprint density at radius 2 is 2.27 bits per heavy atom. The molecule has 116 valence electrons. The van der Waals surface area contributed by atoms with E-state index in [0.717, 1.165) is 23.5 Å². The third-order valence-electron chi connectivity index (χ3n) is 3.32. The van der Waals surface area contributed by atoms with Gasteiger partial charge in [-0.3, -0.25) is 4.79 Å². The molecule has 1 aromatic heterocycles. The number of ether oxygens (including phenoxy) is 1. The van der Waals surface area contributed by atoms with Crippen molar-refractivity contribution < 1.29 is 9.53 Å². The number of aryl methyl sites for hydroxylation is 2. The van der Waals surface area contributed by atoms with E-state index in [4.69, 9.17) is 4.74 Å². The van der Waals surface area contributed by atoms with Gasteiger partial charge < -0.3 is 4.74 Å². The molecule has 0 saturated carbocycles. The Balaban J connectivity index is 1.73. The molecule has 1 heterocycles. The van der Waals surface area contributed by atoms with Crippen LogP contribution in [0.3, 0.4) is 0 Å². The van der Waals surface area contributed by atoms with E-state index < -0.39 is 0 Å². The Morgan fingerprint density at radius 3 is 2.95 bits per heavy atom. The topological polar surface area (TPSA) is 50.7 Å². The Labute approximate surface area is 134 Å². The van der Waals surface area contributed by atoms with Gasteiger partial charge in [-0.25, -0.2) is 5.43 Å². The van der Waals surface area contributed by atoms with Crippen LogP contribution in [0.2, 0.25) is 0 Å². The number of benzene rings is 1. The lowest BCUT2D eigenvalue weighted by molar-refractivity contribution is -0.121. The standard InChI is InChI=1S/C17H20N2O2S/c1-13-11-15(21-2)9-8-14(13)5-3-7-17(20)19-18-12-16-6-4-10-22-16/h4,6,8-12H,3,5,7H2,1-2H3,(H,19,20)/b18-12-. The highest BCUT2D eigenvalue weighted by atomic mass is 32.1. The summed E-state index contributed by atoms with van der Waals surface area (Å²) in [7, 11) is 1.66. The quantitative estimate of drug-likeness (QED) is 0.627. The van der Waals surface area contributed by atoms with Gasteiger partial charge in [0.1, 0.15) is 5.75 Å². The summed E-state index contributed by atoms with van der Waals surface area (Å²) in [5.74, 6) is 0.806.